The van der Waals surface area contributed by atoms with Crippen LogP contribution < -0.4 is 5.32 Å². The largest absolute Gasteiger partial charge is 0.354 e. The van der Waals surface area contributed by atoms with Crippen molar-refractivity contribution in [1.82, 2.24) is 15.1 Å². The van der Waals surface area contributed by atoms with Crippen molar-refractivity contribution in [2.45, 2.75) is 52.2 Å². The minimum Gasteiger partial charge on any atom is -0.354 e. The molecule has 2 aromatic carbocycles. The molecule has 0 aliphatic carbocycles. The fourth-order valence-electron chi connectivity index (χ4n) is 4.96. The van der Waals surface area contributed by atoms with Crippen LogP contribution in [-0.2, 0) is 17.9 Å². The van der Waals surface area contributed by atoms with Gasteiger partial charge in [-0.2, -0.15) is 0 Å². The van der Waals surface area contributed by atoms with E-state index < -0.39 is 6.04 Å². The van der Waals surface area contributed by atoms with Gasteiger partial charge in [-0.05, 0) is 73.5 Å². The number of halogens is 1. The standard InChI is InChI=1S/C27H34ClN3O2/c1-19(2)14-25(31-18-22-7-3-4-9-24(22)27(31)33)26(32)29-16-20-10-12-30(13-11-20)17-21-6-5-8-23(28)15-21/h3-9,15,19-20,25H,10-14,16-18H2,1-2H3,(H,29,32)/t25-/m0/s1. The van der Waals surface area contributed by atoms with Crippen LogP contribution in [-0.4, -0.2) is 47.3 Å². The van der Waals surface area contributed by atoms with Gasteiger partial charge in [0, 0.05) is 30.2 Å². The summed E-state index contributed by atoms with van der Waals surface area (Å²) in [5.74, 6) is 0.745. The van der Waals surface area contributed by atoms with Gasteiger partial charge >= 0.3 is 0 Å². The molecular weight excluding hydrogens is 434 g/mol. The summed E-state index contributed by atoms with van der Waals surface area (Å²) < 4.78 is 0. The van der Waals surface area contributed by atoms with Crippen LogP contribution in [0, 0.1) is 11.8 Å². The molecular formula is C27H34ClN3O2. The fourth-order valence-corrected chi connectivity index (χ4v) is 5.17. The molecule has 0 bridgehead atoms. The number of fused-ring (bicyclic) bond motifs is 1. The van der Waals surface area contributed by atoms with Crippen molar-refractivity contribution in [3.8, 4) is 0 Å². The van der Waals surface area contributed by atoms with Crippen molar-refractivity contribution in [2.24, 2.45) is 11.8 Å². The van der Waals surface area contributed by atoms with E-state index in [9.17, 15) is 9.59 Å². The highest BCUT2D eigenvalue weighted by Crippen LogP contribution is 2.27. The zero-order chi connectivity index (χ0) is 23.4. The van der Waals surface area contributed by atoms with Gasteiger partial charge in [-0.25, -0.2) is 0 Å². The van der Waals surface area contributed by atoms with Crippen molar-refractivity contribution in [2.75, 3.05) is 19.6 Å². The summed E-state index contributed by atoms with van der Waals surface area (Å²) >= 11 is 6.11. The summed E-state index contributed by atoms with van der Waals surface area (Å²) in [5.41, 5.74) is 2.98. The Balaban J connectivity index is 1.29. The Labute approximate surface area is 202 Å². The van der Waals surface area contributed by atoms with Crippen LogP contribution >= 0.6 is 11.6 Å². The molecule has 176 valence electrons. The first-order valence-corrected chi connectivity index (χ1v) is 12.4. The van der Waals surface area contributed by atoms with E-state index in [1.165, 1.54) is 5.56 Å². The first-order valence-electron chi connectivity index (χ1n) is 12.0. The summed E-state index contributed by atoms with van der Waals surface area (Å²) in [6.07, 6.45) is 2.79. The predicted molar refractivity (Wildman–Crippen MR) is 132 cm³/mol. The molecule has 1 atom stereocenters. The molecule has 2 aromatic rings. The smallest absolute Gasteiger partial charge is 0.255 e. The van der Waals surface area contributed by atoms with Crippen molar-refractivity contribution in [3.05, 3.63) is 70.2 Å². The van der Waals surface area contributed by atoms with Crippen molar-refractivity contribution >= 4 is 23.4 Å². The van der Waals surface area contributed by atoms with Crippen LogP contribution in [0.25, 0.3) is 0 Å². The van der Waals surface area contributed by atoms with Gasteiger partial charge in [-0.3, -0.25) is 14.5 Å². The van der Waals surface area contributed by atoms with Gasteiger partial charge in [-0.15, -0.1) is 0 Å². The second-order valence-corrected chi connectivity index (χ2v) is 10.3. The third kappa shape index (κ3) is 5.96. The molecule has 0 spiro atoms. The van der Waals surface area contributed by atoms with E-state index in [4.69, 9.17) is 11.6 Å². The summed E-state index contributed by atoms with van der Waals surface area (Å²) in [4.78, 5) is 30.4. The monoisotopic (exact) mass is 467 g/mol. The highest BCUT2D eigenvalue weighted by Gasteiger charge is 2.36. The highest BCUT2D eigenvalue weighted by molar-refractivity contribution is 6.30. The molecule has 0 unspecified atom stereocenters. The Hall–Kier alpha value is -2.37. The van der Waals surface area contributed by atoms with Crippen LogP contribution in [0.4, 0.5) is 0 Å². The Morgan fingerprint density at radius 1 is 1.12 bits per heavy atom. The van der Waals surface area contributed by atoms with Crippen LogP contribution in [0.2, 0.25) is 5.02 Å². The van der Waals surface area contributed by atoms with Crippen molar-refractivity contribution in [1.29, 1.82) is 0 Å². The first-order chi connectivity index (χ1) is 15.9. The molecule has 2 heterocycles. The fraction of sp³-hybridized carbons (Fsp3) is 0.481. The second-order valence-electron chi connectivity index (χ2n) is 9.83. The summed E-state index contributed by atoms with van der Waals surface area (Å²) in [6.45, 7) is 8.33. The number of rotatable bonds is 8. The molecule has 2 amide bonds. The van der Waals surface area contributed by atoms with Gasteiger partial charge in [0.05, 0.1) is 0 Å². The topological polar surface area (TPSA) is 52.7 Å². The summed E-state index contributed by atoms with van der Waals surface area (Å²) in [7, 11) is 0. The summed E-state index contributed by atoms with van der Waals surface area (Å²) in [6, 6.07) is 15.3. The molecule has 1 fully saturated rings. The molecule has 1 saturated heterocycles. The Bertz CT molecular complexity index is 985. The lowest BCUT2D eigenvalue weighted by atomic mass is 9.95. The maximum absolute atomic E-state index is 13.2. The van der Waals surface area contributed by atoms with Gasteiger partial charge in [0.1, 0.15) is 6.04 Å². The van der Waals surface area contributed by atoms with Crippen LogP contribution in [0.1, 0.15) is 54.6 Å². The van der Waals surface area contributed by atoms with Crippen LogP contribution in [0.3, 0.4) is 0 Å². The Morgan fingerprint density at radius 2 is 1.88 bits per heavy atom. The quantitative estimate of drug-likeness (QED) is 0.610. The molecule has 2 aliphatic rings. The number of hydrogen-bond donors (Lipinski definition) is 1. The number of nitrogens with zero attached hydrogens (tertiary/aromatic N) is 2. The predicted octanol–water partition coefficient (Wildman–Crippen LogP) is 4.74. The summed E-state index contributed by atoms with van der Waals surface area (Å²) in [5, 5.41) is 3.96. The van der Waals surface area contributed by atoms with Crippen LogP contribution in [0.5, 0.6) is 0 Å². The number of carbonyl (C=O) groups is 2. The van der Waals surface area contributed by atoms with Crippen molar-refractivity contribution < 1.29 is 9.59 Å². The SMILES string of the molecule is CC(C)C[C@@H](C(=O)NCC1CCN(Cc2cccc(Cl)c2)CC1)N1Cc2ccccc2C1=O. The van der Waals surface area contributed by atoms with E-state index in [2.05, 4.69) is 30.1 Å². The minimum atomic E-state index is -0.423. The second kappa shape index (κ2) is 10.7. The molecule has 4 rings (SSSR count). The van der Waals surface area contributed by atoms with E-state index in [1.807, 2.05) is 42.5 Å². The van der Waals surface area contributed by atoms with Gasteiger partial charge in [0.15, 0.2) is 0 Å². The van der Waals surface area contributed by atoms with E-state index in [-0.39, 0.29) is 11.8 Å². The van der Waals surface area contributed by atoms with Gasteiger partial charge < -0.3 is 10.2 Å². The van der Waals surface area contributed by atoms with Crippen molar-refractivity contribution in [3.63, 3.8) is 0 Å². The molecule has 0 aromatic heterocycles. The third-order valence-corrected chi connectivity index (χ3v) is 7.03. The lowest BCUT2D eigenvalue weighted by molar-refractivity contribution is -0.126. The molecule has 6 heteroatoms. The van der Waals surface area contributed by atoms with E-state index >= 15 is 0 Å². The normalized spacial score (nSPS) is 17.9. The lowest BCUT2D eigenvalue weighted by Gasteiger charge is -2.33. The lowest BCUT2D eigenvalue weighted by Crippen LogP contribution is -2.49. The molecule has 33 heavy (non-hydrogen) atoms. The van der Waals surface area contributed by atoms with E-state index in [0.29, 0.717) is 31.3 Å². The zero-order valence-corrected chi connectivity index (χ0v) is 20.4. The minimum absolute atomic E-state index is 0.0220. The maximum Gasteiger partial charge on any atom is 0.255 e. The maximum atomic E-state index is 13.2. The number of likely N-dealkylation sites (tertiary alicyclic amines) is 1. The molecule has 0 saturated carbocycles. The molecule has 0 radical (unpaired) electrons. The first kappa shape index (κ1) is 23.8. The Morgan fingerprint density at radius 3 is 2.58 bits per heavy atom. The number of benzene rings is 2. The zero-order valence-electron chi connectivity index (χ0n) is 19.6. The molecule has 2 aliphatic heterocycles. The third-order valence-electron chi connectivity index (χ3n) is 6.79. The highest BCUT2D eigenvalue weighted by atomic mass is 35.5. The Kier molecular flexibility index (Phi) is 7.71. The average molecular weight is 468 g/mol. The number of nitrogens with one attached hydrogen (secondary N) is 1. The van der Waals surface area contributed by atoms with E-state index in [1.54, 1.807) is 4.90 Å². The van der Waals surface area contributed by atoms with Gasteiger partial charge in [0.2, 0.25) is 5.91 Å². The average Bonchev–Trinajstić information content (AvgIpc) is 3.13. The van der Waals surface area contributed by atoms with E-state index in [0.717, 1.165) is 48.6 Å². The number of amides is 2. The number of hydrogen-bond acceptors (Lipinski definition) is 3. The number of carbonyl (C=O) groups excluding carboxylic acids is 2. The van der Waals surface area contributed by atoms with Gasteiger partial charge in [-0.1, -0.05) is 55.8 Å². The van der Waals surface area contributed by atoms with Gasteiger partial charge in [0.25, 0.3) is 5.91 Å². The molecule has 5 nitrogen and oxygen atoms in total. The molecule has 1 N–H and O–H groups in total. The number of piperidine rings is 1. The van der Waals surface area contributed by atoms with Crippen LogP contribution in [0.15, 0.2) is 48.5 Å².